The molecule has 0 saturated carbocycles. The van der Waals surface area contributed by atoms with E-state index in [-0.39, 0.29) is 55.3 Å². The third-order valence-corrected chi connectivity index (χ3v) is 14.5. The molecule has 0 spiro atoms. The Balaban J connectivity index is 0.000000224. The summed E-state index contributed by atoms with van der Waals surface area (Å²) in [6, 6.07) is 10.3. The van der Waals surface area contributed by atoms with Gasteiger partial charge in [0, 0.05) is 21.9 Å². The van der Waals surface area contributed by atoms with Crippen molar-refractivity contribution in [1.29, 1.82) is 0 Å². The first-order chi connectivity index (χ1) is 28.7. The first-order valence-electron chi connectivity index (χ1n) is 20.6. The summed E-state index contributed by atoms with van der Waals surface area (Å²) in [4.78, 5) is 24.3. The topological polar surface area (TPSA) is 182 Å². The van der Waals surface area contributed by atoms with Gasteiger partial charge in [0.15, 0.2) is 0 Å². The number of halogens is 2. The van der Waals surface area contributed by atoms with Gasteiger partial charge in [-0.2, -0.15) is 0 Å². The van der Waals surface area contributed by atoms with Gasteiger partial charge in [0.25, 0.3) is 0 Å². The van der Waals surface area contributed by atoms with Gasteiger partial charge in [-0.15, -0.1) is 30.0 Å². The molecule has 324 valence electrons. The molecule has 2 aliphatic rings. The van der Waals surface area contributed by atoms with E-state index in [0.717, 1.165) is 23.3 Å². The van der Waals surface area contributed by atoms with Crippen molar-refractivity contribution in [1.82, 2.24) is 30.0 Å². The van der Waals surface area contributed by atoms with E-state index in [1.54, 1.807) is 69.6 Å². The van der Waals surface area contributed by atoms with Crippen molar-refractivity contribution in [2.75, 3.05) is 0 Å². The van der Waals surface area contributed by atoms with Crippen LogP contribution in [0.2, 0.25) is 18.9 Å². The molecule has 2 aliphatic carbocycles. The van der Waals surface area contributed by atoms with Gasteiger partial charge in [-0.1, -0.05) is 76.9 Å². The van der Waals surface area contributed by atoms with Crippen molar-refractivity contribution in [3.63, 3.8) is 0 Å². The fourth-order valence-corrected chi connectivity index (χ4v) is 11.2. The van der Waals surface area contributed by atoms with Crippen LogP contribution < -0.4 is 10.2 Å². The van der Waals surface area contributed by atoms with E-state index < -0.39 is 11.9 Å². The predicted octanol–water partition coefficient (Wildman–Crippen LogP) is 9.35. The number of nitrogens with zero attached hydrogens (tertiary/aromatic N) is 6. The summed E-state index contributed by atoms with van der Waals surface area (Å²) in [5, 5.41) is 61.9. The Labute approximate surface area is 378 Å². The monoisotopic (exact) mass is 978 g/mol. The van der Waals surface area contributed by atoms with Crippen LogP contribution in [0.5, 0.6) is 0 Å². The molecule has 2 aromatic heterocycles. The molecule has 0 saturated heterocycles. The predicted molar refractivity (Wildman–Crippen MR) is 242 cm³/mol. The number of aliphatic hydroxyl groups is 2. The van der Waals surface area contributed by atoms with Crippen molar-refractivity contribution in [2.45, 2.75) is 103 Å². The maximum absolute atomic E-state index is 10.8. The molecule has 2 unspecified atom stereocenters. The second kappa shape index (κ2) is 22.1. The number of carbonyl (C=O) groups is 2. The molecule has 61 heavy (non-hydrogen) atoms. The molecule has 0 aliphatic heterocycles. The summed E-state index contributed by atoms with van der Waals surface area (Å²) in [6.45, 7) is 16.5. The van der Waals surface area contributed by atoms with Gasteiger partial charge in [0.05, 0.1) is 11.9 Å². The van der Waals surface area contributed by atoms with Gasteiger partial charge in [0.1, 0.15) is 45.0 Å². The van der Waals surface area contributed by atoms with E-state index in [9.17, 15) is 30.0 Å². The van der Waals surface area contributed by atoms with Crippen LogP contribution in [-0.2, 0) is 9.59 Å². The average molecular weight is 979 g/mol. The van der Waals surface area contributed by atoms with Crippen LogP contribution in [0.1, 0.15) is 93.9 Å². The Bertz CT molecular complexity index is 2210. The summed E-state index contributed by atoms with van der Waals surface area (Å²) in [5.74, 6) is -2.72. The average Bonchev–Trinajstić information content (AvgIpc) is 3.80. The molecule has 0 fully saturated rings. The number of benzene rings is 2. The molecule has 0 amide bonds. The van der Waals surface area contributed by atoms with Crippen molar-refractivity contribution in [3.05, 3.63) is 106 Å². The number of unbranched alkanes of at least 4 members (excludes halogenated alkanes) is 2. The van der Waals surface area contributed by atoms with Gasteiger partial charge in [-0.05, 0) is 95.5 Å². The van der Waals surface area contributed by atoms with E-state index in [1.165, 1.54) is 35.3 Å². The number of fused-ring (bicyclic) bond motifs is 2. The molecular weight excluding hydrogens is 922 g/mol. The molecule has 2 atom stereocenters. The zero-order chi connectivity index (χ0) is 45.1. The minimum atomic E-state index is -1.26. The van der Waals surface area contributed by atoms with Crippen LogP contribution in [0.25, 0.3) is 33.5 Å². The molecule has 0 bridgehead atoms. The van der Waals surface area contributed by atoms with Gasteiger partial charge >= 0.3 is 69.5 Å². The van der Waals surface area contributed by atoms with E-state index in [4.69, 9.17) is 23.2 Å². The summed E-state index contributed by atoms with van der Waals surface area (Å²) >= 11 is 12.1. The first kappa shape index (κ1) is 49.3. The zero-order valence-corrected chi connectivity index (χ0v) is 40.6. The van der Waals surface area contributed by atoms with Gasteiger partial charge < -0.3 is 30.0 Å². The Morgan fingerprint density at radius 2 is 1.05 bits per heavy atom. The van der Waals surface area contributed by atoms with E-state index in [2.05, 4.69) is 34.2 Å². The number of carbonyl (C=O) groups excluding carboxylic acids is 2. The number of hydrogen-bond acceptors (Lipinski definition) is 10. The molecule has 2 aromatic carbocycles. The number of rotatable bonds is 12. The van der Waals surface area contributed by atoms with E-state index in [1.807, 2.05) is 41.5 Å². The third kappa shape index (κ3) is 14.3. The van der Waals surface area contributed by atoms with E-state index in [0.29, 0.717) is 56.3 Å². The summed E-state index contributed by atoms with van der Waals surface area (Å²) in [5.41, 5.74) is 4.36. The van der Waals surface area contributed by atoms with Crippen LogP contribution in [0.3, 0.4) is 0 Å². The van der Waals surface area contributed by atoms with Gasteiger partial charge in [-0.25, -0.2) is 0 Å². The number of aliphatic hydroxyl groups excluding tert-OH is 2. The fraction of sp³-hybridized carbons (Fsp3) is 0.435. The number of aliphatic carboxylic acids is 2. The Hall–Kier alpha value is -4.40. The van der Waals surface area contributed by atoms with Crippen LogP contribution in [-0.4, -0.2) is 73.3 Å². The van der Waals surface area contributed by atoms with Crippen LogP contribution in [0.4, 0.5) is 0 Å². The summed E-state index contributed by atoms with van der Waals surface area (Å²) in [7, 11) is 0. The first-order valence-corrected chi connectivity index (χ1v) is 25.4. The molecule has 6 rings (SSSR count). The Morgan fingerprint density at radius 1 is 0.689 bits per heavy atom. The standard InChI is InChI=1S/2C19H20ClN3O3.2C4H9.Sn/c2*1-19(2,3)13-8-11(4-7-17(24)25)9-16(18(13)26)23-21-14-6-5-12(20)10-15(14)22-23;2*1-3-4-2;/h2*4-7,9-11,26H,8H2,1-3H3,(H,24,25);2*1,3-4H2,2H3;/q;;;;+2/p-2. The third-order valence-electron chi connectivity index (χ3n) is 9.98. The summed E-state index contributed by atoms with van der Waals surface area (Å²) in [6.07, 6.45) is 15.5. The zero-order valence-electron chi connectivity index (χ0n) is 36.2. The van der Waals surface area contributed by atoms with Crippen molar-refractivity contribution in [3.8, 4) is 0 Å². The maximum atomic E-state index is 10.8. The van der Waals surface area contributed by atoms with Crippen LogP contribution in [0, 0.1) is 22.7 Å². The van der Waals surface area contributed by atoms with Crippen LogP contribution >= 0.6 is 23.2 Å². The van der Waals surface area contributed by atoms with Crippen LogP contribution in [0.15, 0.2) is 95.5 Å². The Morgan fingerprint density at radius 3 is 1.38 bits per heavy atom. The number of allylic oxidation sites excluding steroid dienone is 8. The SMILES string of the molecule is CC(C)(C)C1=C(O)C(n2nc3ccc(Cl)cc3n2)=CC(C=CC(=O)[O-])C1.CC(C)(C)C1=C(O)C(n2nc3ccc(Cl)cc3n2)=CC(C=CC(=O)[O-])C1.CCC[CH2][Sn+2][CH2]CCC. The molecule has 2 heterocycles. The number of aromatic nitrogens is 6. The van der Waals surface area contributed by atoms with Crippen molar-refractivity contribution >= 4 is 89.7 Å². The molecule has 4 aromatic rings. The molecule has 0 radical (unpaired) electrons. The normalized spacial score (nSPS) is 17.2. The number of carboxylic acid groups (broad SMARTS) is 2. The molecule has 2 N–H and O–H groups in total. The second-order valence-electron chi connectivity index (χ2n) is 17.1. The molecular formula is C46H56Cl2N6O6Sn. The molecule has 12 nitrogen and oxygen atoms in total. The fourth-order valence-electron chi connectivity index (χ4n) is 6.67. The van der Waals surface area contributed by atoms with Gasteiger partial charge in [0.2, 0.25) is 0 Å². The Kier molecular flexibility index (Phi) is 17.8. The van der Waals surface area contributed by atoms with Gasteiger partial charge in [-0.3, -0.25) is 0 Å². The van der Waals surface area contributed by atoms with Crippen molar-refractivity contribution in [2.24, 2.45) is 22.7 Å². The van der Waals surface area contributed by atoms with Crippen molar-refractivity contribution < 1.29 is 30.0 Å². The number of hydrogen-bond donors (Lipinski definition) is 2. The number of carboxylic acids is 2. The second-order valence-corrected chi connectivity index (χ2v) is 22.2. The minimum absolute atomic E-state index is 0.113. The molecule has 15 heteroatoms. The quantitative estimate of drug-likeness (QED) is 0.0789. The summed E-state index contributed by atoms with van der Waals surface area (Å²) < 4.78 is 3.25. The van der Waals surface area contributed by atoms with E-state index >= 15 is 0 Å².